The van der Waals surface area contributed by atoms with Crippen LogP contribution in [0.25, 0.3) is 5.69 Å². The van der Waals surface area contributed by atoms with Gasteiger partial charge in [0.25, 0.3) is 11.1 Å². The van der Waals surface area contributed by atoms with Crippen molar-refractivity contribution in [3.63, 3.8) is 0 Å². The van der Waals surface area contributed by atoms with Gasteiger partial charge in [0.15, 0.2) is 4.77 Å². The number of rotatable bonds is 3. The molecule has 0 unspecified atom stereocenters. The van der Waals surface area contributed by atoms with Crippen LogP contribution in [0.3, 0.4) is 0 Å². The lowest BCUT2D eigenvalue weighted by Crippen LogP contribution is -2.21. The number of para-hydroxylation sites is 1. The smallest absolute Gasteiger partial charge is 0.325 e. The summed E-state index contributed by atoms with van der Waals surface area (Å²) < 4.78 is 1.09. The van der Waals surface area contributed by atoms with E-state index in [1.165, 1.54) is 0 Å². The molecule has 0 saturated heterocycles. The third kappa shape index (κ3) is 3.27. The van der Waals surface area contributed by atoms with Crippen molar-refractivity contribution in [3.8, 4) is 11.6 Å². The Kier molecular flexibility index (Phi) is 4.69. The van der Waals surface area contributed by atoms with E-state index in [2.05, 4.69) is 15.0 Å². The predicted molar refractivity (Wildman–Crippen MR) is 98.8 cm³/mol. The van der Waals surface area contributed by atoms with Crippen LogP contribution in [-0.4, -0.2) is 30.8 Å². The molecule has 132 valence electrons. The number of benzene rings is 1. The lowest BCUT2D eigenvalue weighted by molar-refractivity contribution is 0.432. The van der Waals surface area contributed by atoms with Gasteiger partial charge in [-0.3, -0.25) is 24.1 Å². The van der Waals surface area contributed by atoms with E-state index in [1.54, 1.807) is 24.3 Å². The fourth-order valence-corrected chi connectivity index (χ4v) is 2.64. The molecule has 2 aromatic heterocycles. The van der Waals surface area contributed by atoms with Gasteiger partial charge in [-0.15, -0.1) is 0 Å². The van der Waals surface area contributed by atoms with E-state index >= 15 is 0 Å². The molecule has 0 fully saturated rings. The van der Waals surface area contributed by atoms with Crippen LogP contribution < -0.4 is 16.8 Å². The highest BCUT2D eigenvalue weighted by Gasteiger charge is 2.14. The molecule has 0 amide bonds. The maximum absolute atomic E-state index is 12.1. The zero-order valence-electron chi connectivity index (χ0n) is 12.8. The van der Waals surface area contributed by atoms with Gasteiger partial charge in [0.1, 0.15) is 11.3 Å². The van der Waals surface area contributed by atoms with Gasteiger partial charge in [0.05, 0.1) is 10.7 Å². The number of H-pyrrole nitrogens is 3. The largest absolute Gasteiger partial charge is 0.494 e. The summed E-state index contributed by atoms with van der Waals surface area (Å²) in [6.07, 6.45) is 2.06. The van der Waals surface area contributed by atoms with Gasteiger partial charge < -0.3 is 10.1 Å². The number of hydrogen-bond acceptors (Lipinski definition) is 6. The van der Waals surface area contributed by atoms with E-state index < -0.39 is 22.7 Å². The van der Waals surface area contributed by atoms with Crippen LogP contribution in [0, 0.1) is 4.77 Å². The molecule has 2 heterocycles. The number of hydrogen-bond donors (Lipinski definition) is 4. The third-order valence-corrected chi connectivity index (χ3v) is 3.95. The van der Waals surface area contributed by atoms with E-state index in [9.17, 15) is 19.5 Å². The van der Waals surface area contributed by atoms with Crippen LogP contribution in [0.15, 0.2) is 49.8 Å². The average molecular weight is 392 g/mol. The van der Waals surface area contributed by atoms with Crippen molar-refractivity contribution in [1.82, 2.24) is 19.5 Å². The lowest BCUT2D eigenvalue weighted by atomic mass is 10.3. The third-order valence-electron chi connectivity index (χ3n) is 3.35. The molecule has 0 radical (unpaired) electrons. The van der Waals surface area contributed by atoms with E-state index in [-0.39, 0.29) is 16.0 Å². The zero-order chi connectivity index (χ0) is 18.8. The normalized spacial score (nSPS) is 11.1. The van der Waals surface area contributed by atoms with Crippen molar-refractivity contribution in [1.29, 1.82) is 0 Å². The predicted octanol–water partition coefficient (Wildman–Crippen LogP) is 1.38. The first-order valence-electron chi connectivity index (χ1n) is 7.08. The van der Waals surface area contributed by atoms with Crippen LogP contribution in [0.4, 0.5) is 5.69 Å². The quantitative estimate of drug-likeness (QED) is 0.395. The monoisotopic (exact) mass is 391 g/mol. The number of nitrogens with one attached hydrogen (secondary N) is 3. The molecule has 1 aromatic carbocycles. The molecular formula is C15H10ClN5O4S. The summed E-state index contributed by atoms with van der Waals surface area (Å²) in [5.41, 5.74) is -2.20. The maximum atomic E-state index is 12.1. The molecule has 0 atom stereocenters. The number of aromatic hydroxyl groups is 1. The summed E-state index contributed by atoms with van der Waals surface area (Å²) in [5.74, 6) is -0.503. The van der Waals surface area contributed by atoms with Gasteiger partial charge in [0.2, 0.25) is 5.88 Å². The number of aliphatic imine (C=N–C) groups is 1. The Morgan fingerprint density at radius 1 is 1.15 bits per heavy atom. The van der Waals surface area contributed by atoms with E-state index in [4.69, 9.17) is 23.8 Å². The minimum absolute atomic E-state index is 0.0698. The second-order valence-electron chi connectivity index (χ2n) is 5.00. The summed E-state index contributed by atoms with van der Waals surface area (Å²) in [6.45, 7) is 0. The molecule has 3 aromatic rings. The van der Waals surface area contributed by atoms with Crippen LogP contribution in [0.2, 0.25) is 5.02 Å². The Bertz CT molecular complexity index is 1250. The van der Waals surface area contributed by atoms with Crippen molar-refractivity contribution in [3.05, 3.63) is 77.0 Å². The first-order valence-corrected chi connectivity index (χ1v) is 7.86. The summed E-state index contributed by atoms with van der Waals surface area (Å²) >= 11 is 11.2. The first kappa shape index (κ1) is 17.6. The van der Waals surface area contributed by atoms with Crippen molar-refractivity contribution < 1.29 is 5.11 Å². The molecule has 4 N–H and O–H groups in total. The Morgan fingerprint density at radius 3 is 2.58 bits per heavy atom. The fourth-order valence-electron chi connectivity index (χ4n) is 2.14. The highest BCUT2D eigenvalue weighted by Crippen LogP contribution is 2.25. The Hall–Kier alpha value is -3.24. The molecule has 3 rings (SSSR count). The van der Waals surface area contributed by atoms with Gasteiger partial charge in [0, 0.05) is 12.4 Å². The van der Waals surface area contributed by atoms with E-state index in [1.807, 2.05) is 4.98 Å². The highest BCUT2D eigenvalue weighted by molar-refractivity contribution is 7.71. The second kappa shape index (κ2) is 6.94. The molecule has 0 aliphatic carbocycles. The Balaban J connectivity index is 2.19. The number of aromatic nitrogens is 4. The maximum Gasteiger partial charge on any atom is 0.325 e. The van der Waals surface area contributed by atoms with Crippen LogP contribution >= 0.6 is 23.8 Å². The van der Waals surface area contributed by atoms with E-state index in [0.717, 1.165) is 17.0 Å². The summed E-state index contributed by atoms with van der Waals surface area (Å²) in [4.78, 5) is 45.2. The Morgan fingerprint density at radius 2 is 1.88 bits per heavy atom. The molecule has 0 aliphatic rings. The average Bonchev–Trinajstić information content (AvgIpc) is 2.57. The van der Waals surface area contributed by atoms with Gasteiger partial charge in [-0.25, -0.2) is 9.79 Å². The molecule has 26 heavy (non-hydrogen) atoms. The molecule has 0 bridgehead atoms. The number of aromatic amines is 3. The van der Waals surface area contributed by atoms with E-state index in [0.29, 0.717) is 10.7 Å². The summed E-state index contributed by atoms with van der Waals surface area (Å²) in [7, 11) is 0. The Labute approximate surface area is 154 Å². The first-order chi connectivity index (χ1) is 12.4. The van der Waals surface area contributed by atoms with Crippen LogP contribution in [0.1, 0.15) is 5.56 Å². The topological polar surface area (TPSA) is 136 Å². The number of halogens is 1. The van der Waals surface area contributed by atoms with Crippen molar-refractivity contribution in [2.75, 3.05) is 0 Å². The van der Waals surface area contributed by atoms with Gasteiger partial charge in [-0.1, -0.05) is 23.7 Å². The molecule has 11 heteroatoms. The molecule has 0 spiro atoms. The van der Waals surface area contributed by atoms with Gasteiger partial charge in [-0.2, -0.15) is 0 Å². The SMILES string of the molecule is O=c1[nH]cc(N=Cc2c(O)n(-c3ccccc3Cl)c(=S)[nH]c2=O)c(=O)[nH]1. The van der Waals surface area contributed by atoms with Gasteiger partial charge >= 0.3 is 5.69 Å². The molecule has 0 saturated carbocycles. The summed E-state index contributed by atoms with van der Waals surface area (Å²) in [6, 6.07) is 6.57. The minimum Gasteiger partial charge on any atom is -0.494 e. The van der Waals surface area contributed by atoms with Crippen molar-refractivity contribution >= 4 is 35.7 Å². The highest BCUT2D eigenvalue weighted by atomic mass is 35.5. The molecule has 0 aliphatic heterocycles. The van der Waals surface area contributed by atoms with Crippen LogP contribution in [0.5, 0.6) is 5.88 Å². The lowest BCUT2D eigenvalue weighted by Gasteiger charge is -2.12. The number of nitrogens with zero attached hydrogens (tertiary/aromatic N) is 2. The molecule has 9 nitrogen and oxygen atoms in total. The second-order valence-corrected chi connectivity index (χ2v) is 5.79. The fraction of sp³-hybridized carbons (Fsp3) is 0. The molecular weight excluding hydrogens is 382 g/mol. The standard InChI is InChI=1S/C15H10ClN5O4S/c16-8-3-1-2-4-10(8)21-13(24)7(11(22)20-15(21)26)5-17-9-6-18-14(25)19-12(9)23/h1-6,24H,(H,20,22,26)(H2,18,19,23,25). The zero-order valence-corrected chi connectivity index (χ0v) is 14.4. The van der Waals surface area contributed by atoms with Gasteiger partial charge in [-0.05, 0) is 24.4 Å². The van der Waals surface area contributed by atoms with Crippen molar-refractivity contribution in [2.45, 2.75) is 0 Å². The van der Waals surface area contributed by atoms with Crippen molar-refractivity contribution in [2.24, 2.45) is 4.99 Å². The van der Waals surface area contributed by atoms with Crippen LogP contribution in [-0.2, 0) is 0 Å². The minimum atomic E-state index is -0.750. The summed E-state index contributed by atoms with van der Waals surface area (Å²) in [5, 5.41) is 10.8.